The van der Waals surface area contributed by atoms with Crippen LogP contribution in [0, 0.1) is 13.8 Å². The molecule has 0 atom stereocenters. The number of aryl methyl sites for hydroxylation is 3. The third-order valence-corrected chi connectivity index (χ3v) is 7.32. The molecule has 174 valence electrons. The highest BCUT2D eigenvalue weighted by Crippen LogP contribution is 2.27. The van der Waals surface area contributed by atoms with Crippen LogP contribution in [0.2, 0.25) is 0 Å². The number of anilines is 1. The second-order valence-electron chi connectivity index (χ2n) is 7.95. The number of rotatable bonds is 9. The summed E-state index contributed by atoms with van der Waals surface area (Å²) in [5.41, 5.74) is 9.57. The van der Waals surface area contributed by atoms with Gasteiger partial charge in [-0.1, -0.05) is 36.4 Å². The van der Waals surface area contributed by atoms with Gasteiger partial charge in [0.25, 0.3) is 0 Å². The molecule has 0 spiro atoms. The minimum absolute atomic E-state index is 0.288. The van der Waals surface area contributed by atoms with Crippen molar-refractivity contribution < 1.29 is 13.2 Å². The molecule has 33 heavy (non-hydrogen) atoms. The highest BCUT2D eigenvalue weighted by Gasteiger charge is 2.19. The molecule has 0 aliphatic carbocycles. The Labute approximate surface area is 193 Å². The van der Waals surface area contributed by atoms with E-state index < -0.39 is 10.0 Å². The molecule has 4 rings (SSSR count). The van der Waals surface area contributed by atoms with Gasteiger partial charge in [0.05, 0.1) is 10.4 Å². The summed E-state index contributed by atoms with van der Waals surface area (Å²) in [4.78, 5) is 9.35. The Balaban J connectivity index is 1.55. The van der Waals surface area contributed by atoms with Crippen molar-refractivity contribution in [2.75, 3.05) is 18.9 Å². The quantitative estimate of drug-likeness (QED) is 0.363. The number of hydrogen-bond acceptors (Lipinski definition) is 6. The lowest BCUT2D eigenvalue weighted by atomic mass is 10.1. The van der Waals surface area contributed by atoms with Gasteiger partial charge in [0.1, 0.15) is 17.9 Å². The molecule has 0 fully saturated rings. The van der Waals surface area contributed by atoms with E-state index in [1.54, 1.807) is 12.1 Å². The Morgan fingerprint density at radius 3 is 2.64 bits per heavy atom. The summed E-state index contributed by atoms with van der Waals surface area (Å²) in [5.74, 6) is 1.15. The van der Waals surface area contributed by atoms with Gasteiger partial charge in [0, 0.05) is 30.8 Å². The molecule has 9 heteroatoms. The molecule has 2 aromatic heterocycles. The molecule has 0 aliphatic rings. The number of imidazole rings is 1. The van der Waals surface area contributed by atoms with E-state index in [0.29, 0.717) is 42.9 Å². The highest BCUT2D eigenvalue weighted by atomic mass is 32.2. The van der Waals surface area contributed by atoms with E-state index in [9.17, 15) is 8.42 Å². The molecule has 2 heterocycles. The van der Waals surface area contributed by atoms with E-state index >= 15 is 0 Å². The van der Waals surface area contributed by atoms with E-state index in [1.807, 2.05) is 51.1 Å². The zero-order chi connectivity index (χ0) is 23.6. The third kappa shape index (κ3) is 4.57. The van der Waals surface area contributed by atoms with Crippen molar-refractivity contribution in [2.24, 2.45) is 0 Å². The monoisotopic (exact) mass is 467 g/mol. The van der Waals surface area contributed by atoms with Crippen LogP contribution in [-0.2, 0) is 27.9 Å². The van der Waals surface area contributed by atoms with Crippen LogP contribution < -0.4 is 10.5 Å². The molecule has 4 aromatic rings. The maximum atomic E-state index is 13.0. The van der Waals surface area contributed by atoms with Crippen LogP contribution in [0.3, 0.4) is 0 Å². The predicted molar refractivity (Wildman–Crippen MR) is 130 cm³/mol. The molecule has 0 radical (unpaired) electrons. The molecule has 0 saturated heterocycles. The van der Waals surface area contributed by atoms with Crippen LogP contribution in [-0.4, -0.2) is 36.1 Å². The third-order valence-electron chi connectivity index (χ3n) is 5.80. The van der Waals surface area contributed by atoms with E-state index in [1.165, 1.54) is 0 Å². The maximum Gasteiger partial charge on any atom is 0.241 e. The van der Waals surface area contributed by atoms with Crippen LogP contribution in [0.5, 0.6) is 0 Å². The van der Waals surface area contributed by atoms with Gasteiger partial charge in [-0.05, 0) is 44.2 Å². The number of nitrogens with one attached hydrogen (secondary N) is 1. The van der Waals surface area contributed by atoms with Gasteiger partial charge in [0.2, 0.25) is 10.0 Å². The number of sulfonamides is 1. The van der Waals surface area contributed by atoms with Crippen molar-refractivity contribution in [3.05, 3.63) is 59.5 Å². The van der Waals surface area contributed by atoms with Crippen LogP contribution in [0.1, 0.15) is 30.4 Å². The first-order valence-electron chi connectivity index (χ1n) is 11.0. The molecular formula is C24H29N5O3S. The Morgan fingerprint density at radius 2 is 1.85 bits per heavy atom. The van der Waals surface area contributed by atoms with Crippen molar-refractivity contribution in [3.8, 4) is 0 Å². The van der Waals surface area contributed by atoms with E-state index in [0.717, 1.165) is 28.0 Å². The Kier molecular flexibility index (Phi) is 6.64. The predicted octanol–water partition coefficient (Wildman–Crippen LogP) is 3.69. The Hall–Kier alpha value is -3.01. The number of ether oxygens (including phenoxy) is 1. The minimum Gasteiger partial charge on any atom is -0.382 e. The highest BCUT2D eigenvalue weighted by molar-refractivity contribution is 7.89. The summed E-state index contributed by atoms with van der Waals surface area (Å²) in [5, 5.41) is 1.60. The van der Waals surface area contributed by atoms with E-state index in [4.69, 9.17) is 10.5 Å². The number of pyridine rings is 1. The van der Waals surface area contributed by atoms with Crippen molar-refractivity contribution in [1.29, 1.82) is 0 Å². The van der Waals surface area contributed by atoms with Gasteiger partial charge < -0.3 is 15.0 Å². The van der Waals surface area contributed by atoms with Crippen LogP contribution in [0.15, 0.2) is 47.4 Å². The molecule has 8 nitrogen and oxygen atoms in total. The number of fused-ring (bicyclic) bond motifs is 2. The van der Waals surface area contributed by atoms with Gasteiger partial charge in [-0.2, -0.15) is 0 Å². The molecular weight excluding hydrogens is 438 g/mol. The van der Waals surface area contributed by atoms with Gasteiger partial charge >= 0.3 is 0 Å². The Bertz CT molecular complexity index is 1410. The number of nitrogens with two attached hydrogens (primary N) is 1. The summed E-state index contributed by atoms with van der Waals surface area (Å²) < 4.78 is 36.4. The summed E-state index contributed by atoms with van der Waals surface area (Å²) >= 11 is 0. The summed E-state index contributed by atoms with van der Waals surface area (Å²) in [6, 6.07) is 12.8. The first-order valence-corrected chi connectivity index (χ1v) is 12.5. The molecule has 0 bridgehead atoms. The maximum absolute atomic E-state index is 13.0. The van der Waals surface area contributed by atoms with E-state index in [2.05, 4.69) is 19.3 Å². The second kappa shape index (κ2) is 9.46. The molecule has 0 unspecified atom stereocenters. The average Bonchev–Trinajstić information content (AvgIpc) is 3.17. The van der Waals surface area contributed by atoms with Gasteiger partial charge in [-0.15, -0.1) is 0 Å². The number of nitrogen functional groups attached to an aromatic ring is 1. The van der Waals surface area contributed by atoms with Crippen molar-refractivity contribution in [1.82, 2.24) is 19.3 Å². The number of nitrogens with zero attached hydrogens (tertiary/aromatic N) is 3. The first-order chi connectivity index (χ1) is 15.8. The van der Waals surface area contributed by atoms with Crippen LogP contribution in [0.25, 0.3) is 21.8 Å². The van der Waals surface area contributed by atoms with Gasteiger partial charge in [-0.3, -0.25) is 0 Å². The van der Waals surface area contributed by atoms with Crippen molar-refractivity contribution in [3.63, 3.8) is 0 Å². The van der Waals surface area contributed by atoms with E-state index in [-0.39, 0.29) is 11.4 Å². The normalized spacial score (nSPS) is 12.1. The standard InChI is InChI=1S/C24H29N5O3S/c1-4-32-15-21-28-22-23(16(2)17(3)27-24(22)25)29(21)14-8-13-26-33(30,31)20-12-7-10-18-9-5-6-11-19(18)20/h5-7,9-12,26H,4,8,13-15H2,1-3H3,(H2,25,27). The summed E-state index contributed by atoms with van der Waals surface area (Å²) in [7, 11) is -3.65. The molecule has 3 N–H and O–H groups in total. The zero-order valence-electron chi connectivity index (χ0n) is 19.1. The SMILES string of the molecule is CCOCc1nc2c(N)nc(C)c(C)c2n1CCCNS(=O)(=O)c1cccc2ccccc12. The fourth-order valence-corrected chi connectivity index (χ4v) is 5.34. The lowest BCUT2D eigenvalue weighted by molar-refractivity contribution is 0.126. The van der Waals surface area contributed by atoms with Crippen LogP contribution >= 0.6 is 0 Å². The van der Waals surface area contributed by atoms with Crippen molar-refractivity contribution >= 4 is 37.6 Å². The molecule has 0 saturated carbocycles. The lowest BCUT2D eigenvalue weighted by Crippen LogP contribution is -2.26. The fourth-order valence-electron chi connectivity index (χ4n) is 4.04. The number of hydrogen-bond donors (Lipinski definition) is 2. The van der Waals surface area contributed by atoms with Crippen LogP contribution in [0.4, 0.5) is 5.82 Å². The second-order valence-corrected chi connectivity index (χ2v) is 9.69. The number of aromatic nitrogens is 3. The fraction of sp³-hybridized carbons (Fsp3) is 0.333. The van der Waals surface area contributed by atoms with Gasteiger partial charge in [0.15, 0.2) is 5.82 Å². The zero-order valence-corrected chi connectivity index (χ0v) is 19.9. The topological polar surface area (TPSA) is 112 Å². The average molecular weight is 468 g/mol. The molecule has 0 aliphatic heterocycles. The summed E-state index contributed by atoms with van der Waals surface area (Å²) in [6.45, 7) is 7.63. The molecule has 0 amide bonds. The lowest BCUT2D eigenvalue weighted by Gasteiger charge is -2.13. The van der Waals surface area contributed by atoms with Gasteiger partial charge in [-0.25, -0.2) is 23.1 Å². The number of benzene rings is 2. The largest absolute Gasteiger partial charge is 0.382 e. The molecule has 2 aromatic carbocycles. The van der Waals surface area contributed by atoms with Crippen molar-refractivity contribution in [2.45, 2.75) is 45.2 Å². The summed E-state index contributed by atoms with van der Waals surface area (Å²) in [6.07, 6.45) is 0.579. The smallest absolute Gasteiger partial charge is 0.241 e. The Morgan fingerprint density at radius 1 is 1.09 bits per heavy atom. The minimum atomic E-state index is -3.65. The first kappa shape index (κ1) is 23.2.